The minimum atomic E-state index is -0.606. The Balaban J connectivity index is 2.17. The quantitative estimate of drug-likeness (QED) is 0.247. The van der Waals surface area contributed by atoms with Gasteiger partial charge in [0.1, 0.15) is 18.5 Å². The Morgan fingerprint density at radius 1 is 1.03 bits per heavy atom. The van der Waals surface area contributed by atoms with Gasteiger partial charge in [-0.2, -0.15) is 0 Å². The molecule has 0 aliphatic heterocycles. The van der Waals surface area contributed by atoms with Crippen LogP contribution in [0, 0.1) is 5.92 Å². The molecular formula is C24H28Cl3FO4. The Hall–Kier alpha value is -1.69. The summed E-state index contributed by atoms with van der Waals surface area (Å²) in [7, 11) is 0. The number of halogens is 4. The lowest BCUT2D eigenvalue weighted by Gasteiger charge is -2.27. The van der Waals surface area contributed by atoms with Crippen LogP contribution in [0.4, 0.5) is 4.39 Å². The summed E-state index contributed by atoms with van der Waals surface area (Å²) in [5.74, 6) is 0.491. The maximum Gasteiger partial charge on any atom is 0.303 e. The zero-order chi connectivity index (χ0) is 23.9. The maximum absolute atomic E-state index is 12.6. The Kier molecular flexibility index (Phi) is 9.93. The summed E-state index contributed by atoms with van der Waals surface area (Å²) in [6, 6.07) is 11.3. The van der Waals surface area contributed by atoms with E-state index < -0.39 is 24.2 Å². The van der Waals surface area contributed by atoms with Crippen LogP contribution in [0.3, 0.4) is 0 Å². The molecule has 0 fully saturated rings. The van der Waals surface area contributed by atoms with E-state index in [0.29, 0.717) is 28.2 Å². The minimum absolute atomic E-state index is 0.0355. The summed E-state index contributed by atoms with van der Waals surface area (Å²) in [5, 5.41) is 0.689. The molecule has 0 aromatic heterocycles. The van der Waals surface area contributed by atoms with Gasteiger partial charge in [-0.05, 0) is 35.4 Å². The van der Waals surface area contributed by atoms with Gasteiger partial charge in [0.15, 0.2) is 5.75 Å². The molecule has 0 saturated carbocycles. The highest BCUT2D eigenvalue weighted by Gasteiger charge is 2.26. The Morgan fingerprint density at radius 3 is 2.12 bits per heavy atom. The zero-order valence-corrected chi connectivity index (χ0v) is 20.9. The van der Waals surface area contributed by atoms with Crippen molar-refractivity contribution in [3.05, 3.63) is 57.6 Å². The van der Waals surface area contributed by atoms with Crippen molar-refractivity contribution in [2.45, 2.75) is 39.2 Å². The van der Waals surface area contributed by atoms with Gasteiger partial charge in [-0.15, -0.1) is 11.6 Å². The first-order valence-corrected chi connectivity index (χ1v) is 11.5. The number of alkyl halides is 2. The van der Waals surface area contributed by atoms with Crippen molar-refractivity contribution >= 4 is 40.8 Å². The summed E-state index contributed by atoms with van der Waals surface area (Å²) < 4.78 is 29.0. The van der Waals surface area contributed by atoms with Crippen LogP contribution in [0.2, 0.25) is 10.0 Å². The summed E-state index contributed by atoms with van der Waals surface area (Å²) in [4.78, 5) is 11.1. The van der Waals surface area contributed by atoms with Crippen molar-refractivity contribution < 1.29 is 23.4 Å². The molecule has 176 valence electrons. The third-order valence-corrected chi connectivity index (χ3v) is 5.92. The Morgan fingerprint density at radius 2 is 1.62 bits per heavy atom. The van der Waals surface area contributed by atoms with E-state index in [-0.39, 0.29) is 18.4 Å². The summed E-state index contributed by atoms with van der Waals surface area (Å²) >= 11 is 18.8. The van der Waals surface area contributed by atoms with Crippen LogP contribution in [0.5, 0.6) is 11.5 Å². The van der Waals surface area contributed by atoms with E-state index in [1.54, 1.807) is 19.1 Å². The highest BCUT2D eigenvalue weighted by Crippen LogP contribution is 2.40. The number of rotatable bonds is 11. The molecule has 0 amide bonds. The van der Waals surface area contributed by atoms with Crippen LogP contribution < -0.4 is 9.47 Å². The number of carbonyl (C=O) groups is 1. The molecule has 0 saturated heterocycles. The van der Waals surface area contributed by atoms with E-state index in [9.17, 15) is 9.18 Å². The second-order valence-electron chi connectivity index (χ2n) is 8.19. The van der Waals surface area contributed by atoms with Gasteiger partial charge in [0, 0.05) is 18.3 Å². The van der Waals surface area contributed by atoms with Crippen LogP contribution in [-0.2, 0) is 14.9 Å². The van der Waals surface area contributed by atoms with Crippen LogP contribution in [0.25, 0.3) is 0 Å². The van der Waals surface area contributed by atoms with E-state index >= 15 is 0 Å². The fourth-order valence-corrected chi connectivity index (χ4v) is 3.75. The number of ether oxygens (including phenoxy) is 3. The van der Waals surface area contributed by atoms with Crippen molar-refractivity contribution in [1.29, 1.82) is 0 Å². The molecule has 2 aromatic carbocycles. The van der Waals surface area contributed by atoms with Gasteiger partial charge < -0.3 is 14.2 Å². The fourth-order valence-electron chi connectivity index (χ4n) is 3.00. The number of carbonyl (C=O) groups excluding carboxylic acids is 1. The van der Waals surface area contributed by atoms with Gasteiger partial charge in [0.25, 0.3) is 0 Å². The SMILES string of the molecule is CC(=O)OC(CCl)COc1c(Cl)cc(C(C)(C)c2ccc(OCC(C)CF)cc2)cc1Cl. The third kappa shape index (κ3) is 7.16. The molecule has 2 unspecified atom stereocenters. The minimum Gasteiger partial charge on any atom is -0.493 e. The average molecular weight is 506 g/mol. The first-order valence-electron chi connectivity index (χ1n) is 10.2. The van der Waals surface area contributed by atoms with Crippen molar-refractivity contribution in [3.63, 3.8) is 0 Å². The Labute approximate surface area is 203 Å². The zero-order valence-electron chi connectivity index (χ0n) is 18.6. The lowest BCUT2D eigenvalue weighted by molar-refractivity contribution is -0.146. The second-order valence-corrected chi connectivity index (χ2v) is 9.31. The normalized spacial score (nSPS) is 13.4. The molecule has 2 atom stereocenters. The van der Waals surface area contributed by atoms with Crippen LogP contribution in [0.1, 0.15) is 38.8 Å². The van der Waals surface area contributed by atoms with Crippen LogP contribution in [-0.4, -0.2) is 37.8 Å². The first kappa shape index (κ1) is 26.6. The highest BCUT2D eigenvalue weighted by atomic mass is 35.5. The monoisotopic (exact) mass is 504 g/mol. The molecule has 0 heterocycles. The second kappa shape index (κ2) is 12.0. The first-order chi connectivity index (χ1) is 15.1. The molecule has 0 bridgehead atoms. The molecule has 32 heavy (non-hydrogen) atoms. The topological polar surface area (TPSA) is 44.8 Å². The number of benzene rings is 2. The molecule has 0 aliphatic rings. The predicted octanol–water partition coefficient (Wildman–Crippen LogP) is 6.85. The van der Waals surface area contributed by atoms with Crippen molar-refractivity contribution in [1.82, 2.24) is 0 Å². The van der Waals surface area contributed by atoms with Crippen LogP contribution in [0.15, 0.2) is 36.4 Å². The molecule has 4 nitrogen and oxygen atoms in total. The van der Waals surface area contributed by atoms with Gasteiger partial charge in [-0.3, -0.25) is 9.18 Å². The van der Waals surface area contributed by atoms with E-state index in [1.807, 2.05) is 24.3 Å². The highest BCUT2D eigenvalue weighted by molar-refractivity contribution is 6.37. The van der Waals surface area contributed by atoms with Crippen LogP contribution >= 0.6 is 34.8 Å². The van der Waals surface area contributed by atoms with E-state index in [4.69, 9.17) is 49.0 Å². The van der Waals surface area contributed by atoms with E-state index in [0.717, 1.165) is 11.1 Å². The molecule has 2 rings (SSSR count). The molecule has 0 radical (unpaired) electrons. The standard InChI is InChI=1S/C24H28Cl3FO4/c1-15(12-28)13-30-19-7-5-17(6-8-19)24(3,4)18-9-21(26)23(22(27)10-18)31-14-20(11-25)32-16(2)29/h5-10,15,20H,11-14H2,1-4H3. The number of hydrogen-bond acceptors (Lipinski definition) is 4. The van der Waals surface area contributed by atoms with E-state index in [1.165, 1.54) is 6.92 Å². The third-order valence-electron chi connectivity index (χ3n) is 5.01. The number of esters is 1. The van der Waals surface area contributed by atoms with E-state index in [2.05, 4.69) is 13.8 Å². The van der Waals surface area contributed by atoms with Crippen molar-refractivity contribution in [3.8, 4) is 11.5 Å². The fraction of sp³-hybridized carbons (Fsp3) is 0.458. The molecule has 2 aromatic rings. The molecule has 8 heteroatoms. The molecule has 0 N–H and O–H groups in total. The van der Waals surface area contributed by atoms with Crippen molar-refractivity contribution in [2.24, 2.45) is 5.92 Å². The van der Waals surface area contributed by atoms with Gasteiger partial charge in [0.05, 0.1) is 29.2 Å². The number of hydrogen-bond donors (Lipinski definition) is 0. The summed E-state index contributed by atoms with van der Waals surface area (Å²) in [6.45, 7) is 7.16. The average Bonchev–Trinajstić information content (AvgIpc) is 2.75. The molecule has 0 aliphatic carbocycles. The molecular weight excluding hydrogens is 478 g/mol. The lowest BCUT2D eigenvalue weighted by Crippen LogP contribution is -2.26. The maximum atomic E-state index is 12.6. The molecule has 0 spiro atoms. The largest absolute Gasteiger partial charge is 0.493 e. The lowest BCUT2D eigenvalue weighted by atomic mass is 9.78. The van der Waals surface area contributed by atoms with Crippen molar-refractivity contribution in [2.75, 3.05) is 25.8 Å². The van der Waals surface area contributed by atoms with Gasteiger partial charge in [0.2, 0.25) is 0 Å². The van der Waals surface area contributed by atoms with Gasteiger partial charge in [-0.1, -0.05) is 56.1 Å². The van der Waals surface area contributed by atoms with Gasteiger partial charge >= 0.3 is 5.97 Å². The summed E-state index contributed by atoms with van der Waals surface area (Å²) in [5.41, 5.74) is 1.52. The van der Waals surface area contributed by atoms with Gasteiger partial charge in [-0.25, -0.2) is 0 Å². The summed E-state index contributed by atoms with van der Waals surface area (Å²) in [6.07, 6.45) is -0.606. The Bertz CT molecular complexity index is 880. The predicted molar refractivity (Wildman–Crippen MR) is 127 cm³/mol. The smallest absolute Gasteiger partial charge is 0.303 e.